The monoisotopic (exact) mass is 383 g/mol. The first-order chi connectivity index (χ1) is 12.2. The SMILES string of the molecule is CC(=O)N[C@H]1C(O)O[C@H](CO)[C@@H](O[C@H]2O[C@H](CO)[C@@H](O)[C@H](O)[C@@H]2O)[C@@H]1O. The molecule has 2 aliphatic rings. The minimum atomic E-state index is -1.73. The van der Waals surface area contributed by atoms with Crippen molar-refractivity contribution in [2.24, 2.45) is 0 Å². The lowest BCUT2D eigenvalue weighted by atomic mass is 9.95. The van der Waals surface area contributed by atoms with Crippen LogP contribution in [0.4, 0.5) is 0 Å². The van der Waals surface area contributed by atoms with Gasteiger partial charge in [-0.25, -0.2) is 0 Å². The van der Waals surface area contributed by atoms with Crippen LogP contribution in [0.25, 0.3) is 0 Å². The molecule has 0 aromatic heterocycles. The number of hydrogen-bond donors (Lipinski definition) is 8. The Balaban J connectivity index is 2.16. The van der Waals surface area contributed by atoms with Gasteiger partial charge in [-0.3, -0.25) is 4.79 Å². The van der Waals surface area contributed by atoms with E-state index in [1.54, 1.807) is 0 Å². The van der Waals surface area contributed by atoms with Crippen LogP contribution in [0.5, 0.6) is 0 Å². The second kappa shape index (κ2) is 8.84. The normalized spacial score (nSPS) is 46.8. The first-order valence-electron chi connectivity index (χ1n) is 8.06. The third kappa shape index (κ3) is 4.31. The van der Waals surface area contributed by atoms with Gasteiger partial charge in [0.15, 0.2) is 12.6 Å². The summed E-state index contributed by atoms with van der Waals surface area (Å²) in [5.41, 5.74) is 0. The maximum Gasteiger partial charge on any atom is 0.217 e. The van der Waals surface area contributed by atoms with E-state index < -0.39 is 80.5 Å². The molecule has 0 aromatic carbocycles. The molecule has 12 heteroatoms. The molecule has 1 amide bonds. The van der Waals surface area contributed by atoms with E-state index in [0.29, 0.717) is 0 Å². The van der Waals surface area contributed by atoms with Crippen molar-refractivity contribution in [1.82, 2.24) is 5.32 Å². The lowest BCUT2D eigenvalue weighted by molar-refractivity contribution is -0.345. The van der Waals surface area contributed by atoms with Crippen molar-refractivity contribution in [3.8, 4) is 0 Å². The molecule has 12 nitrogen and oxygen atoms in total. The molecule has 0 aliphatic carbocycles. The molecule has 2 heterocycles. The third-order valence-electron chi connectivity index (χ3n) is 4.38. The Hall–Kier alpha value is -0.930. The Morgan fingerprint density at radius 2 is 1.54 bits per heavy atom. The molecule has 2 rings (SSSR count). The van der Waals surface area contributed by atoms with E-state index in [-0.39, 0.29) is 0 Å². The van der Waals surface area contributed by atoms with Crippen LogP contribution >= 0.6 is 0 Å². The van der Waals surface area contributed by atoms with Crippen LogP contribution in [-0.4, -0.2) is 116 Å². The molecule has 0 saturated carbocycles. The second-order valence-corrected chi connectivity index (χ2v) is 6.26. The third-order valence-corrected chi connectivity index (χ3v) is 4.38. The molecule has 0 radical (unpaired) electrons. The van der Waals surface area contributed by atoms with Gasteiger partial charge in [0.25, 0.3) is 0 Å². The van der Waals surface area contributed by atoms with Crippen molar-refractivity contribution in [3.05, 3.63) is 0 Å². The Morgan fingerprint density at radius 1 is 0.923 bits per heavy atom. The highest BCUT2D eigenvalue weighted by molar-refractivity contribution is 5.73. The number of carbonyl (C=O) groups excluding carboxylic acids is 1. The van der Waals surface area contributed by atoms with Crippen LogP contribution < -0.4 is 5.32 Å². The molecule has 8 N–H and O–H groups in total. The van der Waals surface area contributed by atoms with E-state index in [1.165, 1.54) is 0 Å². The predicted molar refractivity (Wildman–Crippen MR) is 80.2 cm³/mol. The van der Waals surface area contributed by atoms with Gasteiger partial charge >= 0.3 is 0 Å². The summed E-state index contributed by atoms with van der Waals surface area (Å²) >= 11 is 0. The van der Waals surface area contributed by atoms with Crippen LogP contribution in [0.1, 0.15) is 6.92 Å². The number of nitrogens with one attached hydrogen (secondary N) is 1. The van der Waals surface area contributed by atoms with Crippen molar-refractivity contribution in [2.75, 3.05) is 13.2 Å². The molecule has 0 spiro atoms. The van der Waals surface area contributed by atoms with Crippen molar-refractivity contribution in [1.29, 1.82) is 0 Å². The van der Waals surface area contributed by atoms with Gasteiger partial charge in [0.1, 0.15) is 48.8 Å². The average molecular weight is 383 g/mol. The Morgan fingerprint density at radius 3 is 2.08 bits per heavy atom. The molecule has 1 unspecified atom stereocenters. The largest absolute Gasteiger partial charge is 0.394 e. The first kappa shape index (κ1) is 21.4. The number of rotatable bonds is 5. The van der Waals surface area contributed by atoms with E-state index in [0.717, 1.165) is 6.92 Å². The summed E-state index contributed by atoms with van der Waals surface area (Å²) in [7, 11) is 0. The lowest BCUT2D eigenvalue weighted by Gasteiger charge is -2.46. The van der Waals surface area contributed by atoms with E-state index >= 15 is 0 Å². The number of aliphatic hydroxyl groups excluding tert-OH is 7. The topological polar surface area (TPSA) is 198 Å². The molecule has 0 aromatic rings. The zero-order valence-corrected chi connectivity index (χ0v) is 14.0. The summed E-state index contributed by atoms with van der Waals surface area (Å²) in [5, 5.41) is 70.7. The summed E-state index contributed by atoms with van der Waals surface area (Å²) < 4.78 is 15.7. The number of aliphatic hydroxyl groups is 7. The maximum atomic E-state index is 11.2. The smallest absolute Gasteiger partial charge is 0.217 e. The van der Waals surface area contributed by atoms with Crippen molar-refractivity contribution in [2.45, 2.75) is 68.3 Å². The summed E-state index contributed by atoms with van der Waals surface area (Å²) in [6, 6.07) is -1.29. The molecule has 2 aliphatic heterocycles. The Kier molecular flexibility index (Phi) is 7.27. The van der Waals surface area contributed by atoms with Gasteiger partial charge in [0.05, 0.1) is 13.2 Å². The van der Waals surface area contributed by atoms with Crippen LogP contribution in [0, 0.1) is 0 Å². The molecule has 10 atom stereocenters. The summed E-state index contributed by atoms with van der Waals surface area (Å²) in [5.74, 6) is -0.564. The lowest BCUT2D eigenvalue weighted by Crippen LogP contribution is -2.67. The van der Waals surface area contributed by atoms with Crippen LogP contribution in [0.15, 0.2) is 0 Å². The van der Waals surface area contributed by atoms with Crippen molar-refractivity contribution in [3.63, 3.8) is 0 Å². The highest BCUT2D eigenvalue weighted by Gasteiger charge is 2.50. The summed E-state index contributed by atoms with van der Waals surface area (Å²) in [4.78, 5) is 11.2. The van der Waals surface area contributed by atoms with Gasteiger partial charge in [0, 0.05) is 6.92 Å². The zero-order valence-electron chi connectivity index (χ0n) is 14.0. The minimum Gasteiger partial charge on any atom is -0.394 e. The Labute approximate surface area is 148 Å². The number of carbonyl (C=O) groups is 1. The van der Waals surface area contributed by atoms with Gasteiger partial charge in [-0.1, -0.05) is 0 Å². The first-order valence-corrected chi connectivity index (χ1v) is 8.06. The van der Waals surface area contributed by atoms with E-state index in [2.05, 4.69) is 5.32 Å². The van der Waals surface area contributed by atoms with Crippen molar-refractivity contribution >= 4 is 5.91 Å². The molecular formula is C14H25NO11. The quantitative estimate of drug-likeness (QED) is 0.226. The van der Waals surface area contributed by atoms with E-state index in [9.17, 15) is 40.5 Å². The van der Waals surface area contributed by atoms with E-state index in [1.807, 2.05) is 0 Å². The second-order valence-electron chi connectivity index (χ2n) is 6.26. The van der Waals surface area contributed by atoms with E-state index in [4.69, 9.17) is 14.2 Å². The minimum absolute atomic E-state index is 0.564. The predicted octanol–water partition coefficient (Wildman–Crippen LogP) is -5.25. The fourth-order valence-corrected chi connectivity index (χ4v) is 2.98. The Bertz CT molecular complexity index is 478. The fourth-order valence-electron chi connectivity index (χ4n) is 2.98. The number of hydrogen-bond acceptors (Lipinski definition) is 11. The highest BCUT2D eigenvalue weighted by atomic mass is 16.7. The van der Waals surface area contributed by atoms with Crippen LogP contribution in [-0.2, 0) is 19.0 Å². The molecule has 2 fully saturated rings. The number of ether oxygens (including phenoxy) is 3. The maximum absolute atomic E-state index is 11.2. The molecule has 152 valence electrons. The van der Waals surface area contributed by atoms with Crippen molar-refractivity contribution < 1.29 is 54.8 Å². The van der Waals surface area contributed by atoms with Crippen LogP contribution in [0.2, 0.25) is 0 Å². The molecule has 26 heavy (non-hydrogen) atoms. The van der Waals surface area contributed by atoms with Crippen LogP contribution in [0.3, 0.4) is 0 Å². The number of amides is 1. The summed E-state index contributed by atoms with van der Waals surface area (Å²) in [6.07, 6.45) is -13.6. The fraction of sp³-hybridized carbons (Fsp3) is 0.929. The zero-order chi connectivity index (χ0) is 19.6. The average Bonchev–Trinajstić information content (AvgIpc) is 2.60. The standard InChI is InChI=1S/C14H25NO11/c1-4(18)15-7-9(20)12(6(3-17)24-13(7)23)26-14-11(22)10(21)8(19)5(2-16)25-14/h5-14,16-17,19-23H,2-3H2,1H3,(H,15,18)/t5-,6-,7-,8-,9-,10+,11+,12-,13?,14-/m1/s1. The van der Waals surface area contributed by atoms with Gasteiger partial charge < -0.3 is 55.3 Å². The van der Waals surface area contributed by atoms with Gasteiger partial charge in [-0.2, -0.15) is 0 Å². The molecule has 0 bridgehead atoms. The van der Waals surface area contributed by atoms with Gasteiger partial charge in [-0.05, 0) is 0 Å². The molecular weight excluding hydrogens is 358 g/mol. The summed E-state index contributed by atoms with van der Waals surface area (Å²) in [6.45, 7) is -0.195. The highest BCUT2D eigenvalue weighted by Crippen LogP contribution is 2.28. The van der Waals surface area contributed by atoms with Gasteiger partial charge in [-0.15, -0.1) is 0 Å². The van der Waals surface area contributed by atoms with Gasteiger partial charge in [0.2, 0.25) is 5.91 Å². The molecule has 2 saturated heterocycles.